The normalized spacial score (nSPS) is 10.2. The first-order valence-electron chi connectivity index (χ1n) is 5.59. The van der Waals surface area contributed by atoms with E-state index in [4.69, 9.17) is 4.74 Å². The van der Waals surface area contributed by atoms with Gasteiger partial charge in [0.05, 0.1) is 12.7 Å². The molecule has 4 heteroatoms. The van der Waals surface area contributed by atoms with Crippen molar-refractivity contribution < 1.29 is 9.53 Å². The lowest BCUT2D eigenvalue weighted by molar-refractivity contribution is 0.103. The number of hydrogen-bond donors (Lipinski definition) is 0. The number of rotatable bonds is 3. The van der Waals surface area contributed by atoms with Crippen LogP contribution in [0.3, 0.4) is 0 Å². The van der Waals surface area contributed by atoms with Crippen molar-refractivity contribution in [2.75, 3.05) is 7.11 Å². The van der Waals surface area contributed by atoms with Gasteiger partial charge in [0.25, 0.3) is 0 Å². The molecule has 0 unspecified atom stereocenters. The number of carbonyl (C=O) groups excluding carboxylic acids is 1. The zero-order chi connectivity index (χ0) is 13.1. The molecule has 0 bridgehead atoms. The zero-order valence-corrected chi connectivity index (χ0v) is 10.6. The van der Waals surface area contributed by atoms with Crippen molar-refractivity contribution in [3.8, 4) is 5.75 Å². The molecule has 0 saturated heterocycles. The molecule has 18 heavy (non-hydrogen) atoms. The average molecular weight is 242 g/mol. The lowest BCUT2D eigenvalue weighted by atomic mass is 9.99. The Kier molecular flexibility index (Phi) is 3.37. The first-order valence-corrected chi connectivity index (χ1v) is 5.59. The van der Waals surface area contributed by atoms with Crippen LogP contribution in [0.25, 0.3) is 0 Å². The Bertz CT molecular complexity index is 580. The highest BCUT2D eigenvalue weighted by Crippen LogP contribution is 2.26. The van der Waals surface area contributed by atoms with Crippen LogP contribution in [-0.2, 0) is 0 Å². The quantitative estimate of drug-likeness (QED) is 0.775. The summed E-state index contributed by atoms with van der Waals surface area (Å²) in [6, 6.07) is 5.40. The monoisotopic (exact) mass is 242 g/mol. The average Bonchev–Trinajstić information content (AvgIpc) is 2.38. The van der Waals surface area contributed by atoms with Gasteiger partial charge in [0.2, 0.25) is 5.78 Å². The van der Waals surface area contributed by atoms with Gasteiger partial charge in [-0.25, -0.2) is 9.97 Å². The van der Waals surface area contributed by atoms with Gasteiger partial charge in [-0.15, -0.1) is 0 Å². The third-order valence-electron chi connectivity index (χ3n) is 2.71. The summed E-state index contributed by atoms with van der Waals surface area (Å²) in [6.45, 7) is 3.86. The molecule has 0 atom stereocenters. The van der Waals surface area contributed by atoms with Crippen molar-refractivity contribution in [1.82, 2.24) is 9.97 Å². The molecule has 0 N–H and O–H groups in total. The van der Waals surface area contributed by atoms with Gasteiger partial charge in [-0.2, -0.15) is 0 Å². The molecule has 0 aliphatic carbocycles. The maximum Gasteiger partial charge on any atom is 0.215 e. The number of benzene rings is 1. The highest BCUT2D eigenvalue weighted by Gasteiger charge is 2.18. The van der Waals surface area contributed by atoms with E-state index in [0.717, 1.165) is 11.1 Å². The van der Waals surface area contributed by atoms with E-state index in [9.17, 15) is 4.79 Å². The molecule has 92 valence electrons. The van der Waals surface area contributed by atoms with Crippen molar-refractivity contribution in [2.24, 2.45) is 0 Å². The van der Waals surface area contributed by atoms with E-state index >= 15 is 0 Å². The number of hydrogen-bond acceptors (Lipinski definition) is 4. The van der Waals surface area contributed by atoms with Crippen LogP contribution in [0.1, 0.15) is 27.2 Å². The summed E-state index contributed by atoms with van der Waals surface area (Å²) in [4.78, 5) is 20.2. The number of aromatic nitrogens is 2. The second-order valence-electron chi connectivity index (χ2n) is 4.08. The molecule has 0 fully saturated rings. The largest absolute Gasteiger partial charge is 0.496 e. The summed E-state index contributed by atoms with van der Waals surface area (Å²) in [5.41, 5.74) is 2.87. The van der Waals surface area contributed by atoms with Crippen LogP contribution < -0.4 is 4.74 Å². The maximum atomic E-state index is 12.4. The van der Waals surface area contributed by atoms with E-state index in [2.05, 4.69) is 9.97 Å². The van der Waals surface area contributed by atoms with E-state index in [-0.39, 0.29) is 5.78 Å². The summed E-state index contributed by atoms with van der Waals surface area (Å²) in [5, 5.41) is 0. The van der Waals surface area contributed by atoms with Gasteiger partial charge in [0.1, 0.15) is 17.8 Å². The summed E-state index contributed by atoms with van der Waals surface area (Å²) in [7, 11) is 1.56. The molecule has 0 aliphatic heterocycles. The van der Waals surface area contributed by atoms with Crippen molar-refractivity contribution in [3.05, 3.63) is 53.1 Å². The Morgan fingerprint density at radius 2 is 2.06 bits per heavy atom. The molecular weight excluding hydrogens is 228 g/mol. The van der Waals surface area contributed by atoms with Gasteiger partial charge >= 0.3 is 0 Å². The highest BCUT2D eigenvalue weighted by atomic mass is 16.5. The fourth-order valence-corrected chi connectivity index (χ4v) is 1.93. The summed E-state index contributed by atoms with van der Waals surface area (Å²) in [6.07, 6.45) is 2.92. The second-order valence-corrected chi connectivity index (χ2v) is 4.08. The van der Waals surface area contributed by atoms with E-state index in [0.29, 0.717) is 17.0 Å². The summed E-state index contributed by atoms with van der Waals surface area (Å²) in [5.74, 6) is 0.433. The van der Waals surface area contributed by atoms with E-state index < -0.39 is 0 Å². The van der Waals surface area contributed by atoms with E-state index in [1.165, 1.54) is 6.33 Å². The summed E-state index contributed by atoms with van der Waals surface area (Å²) < 4.78 is 5.29. The lowest BCUT2D eigenvalue weighted by Crippen LogP contribution is -2.08. The lowest BCUT2D eigenvalue weighted by Gasteiger charge is -2.11. The van der Waals surface area contributed by atoms with Crippen molar-refractivity contribution in [2.45, 2.75) is 13.8 Å². The standard InChI is InChI=1S/C14H14N2O2/c1-9-6-10(2)13(12(7-9)18-3)14(17)11-4-5-15-8-16-11/h4-8H,1-3H3. The van der Waals surface area contributed by atoms with Crippen LogP contribution in [0.4, 0.5) is 0 Å². The van der Waals surface area contributed by atoms with Gasteiger partial charge < -0.3 is 4.74 Å². The molecule has 1 aromatic heterocycles. The van der Waals surface area contributed by atoms with Crippen molar-refractivity contribution >= 4 is 5.78 Å². The van der Waals surface area contributed by atoms with Crippen LogP contribution >= 0.6 is 0 Å². The Balaban J connectivity index is 2.55. The Labute approximate surface area is 106 Å². The molecule has 2 aromatic rings. The van der Waals surface area contributed by atoms with Gasteiger partial charge in [-0.1, -0.05) is 6.07 Å². The van der Waals surface area contributed by atoms with Gasteiger partial charge in [-0.3, -0.25) is 4.79 Å². The molecule has 0 spiro atoms. The van der Waals surface area contributed by atoms with Crippen LogP contribution in [0, 0.1) is 13.8 Å². The van der Waals surface area contributed by atoms with E-state index in [1.54, 1.807) is 19.4 Å². The van der Waals surface area contributed by atoms with Crippen LogP contribution in [-0.4, -0.2) is 22.9 Å². The first kappa shape index (κ1) is 12.2. The number of methoxy groups -OCH3 is 1. The Morgan fingerprint density at radius 3 is 2.67 bits per heavy atom. The van der Waals surface area contributed by atoms with Gasteiger partial charge in [0.15, 0.2) is 0 Å². The molecule has 0 saturated carbocycles. The SMILES string of the molecule is COc1cc(C)cc(C)c1C(=O)c1ccncn1. The minimum Gasteiger partial charge on any atom is -0.496 e. The van der Waals surface area contributed by atoms with Gasteiger partial charge in [0, 0.05) is 6.20 Å². The molecule has 0 amide bonds. The molecular formula is C14H14N2O2. The number of ether oxygens (including phenoxy) is 1. The topological polar surface area (TPSA) is 52.1 Å². The van der Waals surface area contributed by atoms with Crippen molar-refractivity contribution in [3.63, 3.8) is 0 Å². The highest BCUT2D eigenvalue weighted by molar-refractivity contribution is 6.10. The number of ketones is 1. The van der Waals surface area contributed by atoms with Crippen LogP contribution in [0.15, 0.2) is 30.7 Å². The maximum absolute atomic E-state index is 12.4. The van der Waals surface area contributed by atoms with Gasteiger partial charge in [-0.05, 0) is 37.1 Å². The Hall–Kier alpha value is -2.23. The van der Waals surface area contributed by atoms with Crippen LogP contribution in [0.2, 0.25) is 0 Å². The number of aryl methyl sites for hydroxylation is 2. The zero-order valence-electron chi connectivity index (χ0n) is 10.6. The van der Waals surface area contributed by atoms with Crippen molar-refractivity contribution in [1.29, 1.82) is 0 Å². The third-order valence-corrected chi connectivity index (χ3v) is 2.71. The molecule has 1 aromatic carbocycles. The number of nitrogens with zero attached hydrogens (tertiary/aromatic N) is 2. The third kappa shape index (κ3) is 2.22. The van der Waals surface area contributed by atoms with E-state index in [1.807, 2.05) is 26.0 Å². The fraction of sp³-hybridized carbons (Fsp3) is 0.214. The Morgan fingerprint density at radius 1 is 1.28 bits per heavy atom. The minimum absolute atomic E-state index is 0.147. The first-order chi connectivity index (χ1) is 8.63. The predicted molar refractivity (Wildman–Crippen MR) is 67.9 cm³/mol. The van der Waals surface area contributed by atoms with Crippen LogP contribution in [0.5, 0.6) is 5.75 Å². The molecule has 2 rings (SSSR count). The number of carbonyl (C=O) groups is 1. The summed E-state index contributed by atoms with van der Waals surface area (Å²) >= 11 is 0. The minimum atomic E-state index is -0.147. The predicted octanol–water partition coefficient (Wildman–Crippen LogP) is 2.33. The fourth-order valence-electron chi connectivity index (χ4n) is 1.93. The molecule has 0 radical (unpaired) electrons. The smallest absolute Gasteiger partial charge is 0.215 e. The second kappa shape index (κ2) is 4.96. The molecule has 1 heterocycles. The molecule has 0 aliphatic rings. The molecule has 4 nitrogen and oxygen atoms in total.